The number of ether oxygens (including phenoxy) is 1. The lowest BCUT2D eigenvalue weighted by Crippen LogP contribution is -2.39. The van der Waals surface area contributed by atoms with E-state index in [9.17, 15) is 14.3 Å². The molecule has 1 N–H and O–H groups in total. The molecular weight excluding hydrogens is 357 g/mol. The summed E-state index contributed by atoms with van der Waals surface area (Å²) in [5.41, 5.74) is 1.66. The minimum Gasteiger partial charge on any atom is -0.490 e. The second-order valence-corrected chi connectivity index (χ2v) is 8.22. The fraction of sp³-hybridized carbons (Fsp3) is 0.435. The van der Waals surface area contributed by atoms with E-state index in [1.807, 2.05) is 30.0 Å². The first-order valence-electron chi connectivity index (χ1n) is 9.73. The third kappa shape index (κ3) is 5.10. The molecule has 1 saturated heterocycles. The second-order valence-electron chi connectivity index (χ2n) is 8.22. The molecule has 1 heterocycles. The summed E-state index contributed by atoms with van der Waals surface area (Å²) in [6.45, 7) is 6.83. The van der Waals surface area contributed by atoms with Gasteiger partial charge in [0.2, 0.25) is 0 Å². The van der Waals surface area contributed by atoms with Gasteiger partial charge in [-0.2, -0.15) is 0 Å². The number of carbonyl (C=O) groups is 1. The van der Waals surface area contributed by atoms with Gasteiger partial charge >= 0.3 is 0 Å². The van der Waals surface area contributed by atoms with Gasteiger partial charge in [-0.05, 0) is 75.1 Å². The van der Waals surface area contributed by atoms with E-state index in [2.05, 4.69) is 0 Å². The molecule has 1 atom stereocenters. The van der Waals surface area contributed by atoms with Crippen LogP contribution in [0.4, 0.5) is 4.39 Å². The summed E-state index contributed by atoms with van der Waals surface area (Å²) in [6, 6.07) is 12.0. The highest BCUT2D eigenvalue weighted by Crippen LogP contribution is 2.29. The maximum absolute atomic E-state index is 13.2. The average molecular weight is 385 g/mol. The molecule has 2 aromatic carbocycles. The highest BCUT2D eigenvalue weighted by Gasteiger charge is 2.26. The smallest absolute Gasteiger partial charge is 0.253 e. The summed E-state index contributed by atoms with van der Waals surface area (Å²) < 4.78 is 18.8. The Kier molecular flexibility index (Phi) is 6.04. The molecule has 1 amide bonds. The normalized spacial score (nSPS) is 17.5. The second kappa shape index (κ2) is 8.31. The molecule has 0 saturated carbocycles. The van der Waals surface area contributed by atoms with Crippen molar-refractivity contribution in [1.82, 2.24) is 4.90 Å². The first kappa shape index (κ1) is 20.3. The number of carbonyl (C=O) groups excluding carboxylic acids is 1. The molecule has 5 heteroatoms. The number of likely N-dealkylation sites (tertiary alicyclic amines) is 1. The molecule has 0 bridgehead atoms. The SMILES string of the molecule is Cc1cc(C(=O)N2CCCC(c3ccc(F)cc3)C2)ccc1OCC(C)(C)O. The molecule has 1 fully saturated rings. The van der Waals surface area contributed by atoms with Crippen LogP contribution in [0.5, 0.6) is 5.75 Å². The lowest BCUT2D eigenvalue weighted by molar-refractivity contribution is 0.0282. The molecule has 150 valence electrons. The van der Waals surface area contributed by atoms with Gasteiger partial charge in [0.05, 0.1) is 5.60 Å². The minimum absolute atomic E-state index is 0.00366. The van der Waals surface area contributed by atoms with Gasteiger partial charge in [-0.1, -0.05) is 12.1 Å². The predicted molar refractivity (Wildman–Crippen MR) is 107 cm³/mol. The molecule has 1 unspecified atom stereocenters. The Morgan fingerprint density at radius 2 is 1.96 bits per heavy atom. The molecular formula is C23H28FNO3. The van der Waals surface area contributed by atoms with E-state index in [0.717, 1.165) is 30.5 Å². The fourth-order valence-electron chi connectivity index (χ4n) is 3.55. The van der Waals surface area contributed by atoms with E-state index in [1.165, 1.54) is 12.1 Å². The minimum atomic E-state index is -0.913. The highest BCUT2D eigenvalue weighted by atomic mass is 19.1. The Morgan fingerprint density at radius 1 is 1.25 bits per heavy atom. The van der Waals surface area contributed by atoms with Crippen molar-refractivity contribution < 1.29 is 19.0 Å². The summed E-state index contributed by atoms with van der Waals surface area (Å²) in [4.78, 5) is 14.9. The van der Waals surface area contributed by atoms with Crippen LogP contribution in [0.15, 0.2) is 42.5 Å². The van der Waals surface area contributed by atoms with Gasteiger partial charge in [0.15, 0.2) is 0 Å². The Bertz CT molecular complexity index is 827. The van der Waals surface area contributed by atoms with Crippen molar-refractivity contribution in [2.45, 2.75) is 45.1 Å². The molecule has 28 heavy (non-hydrogen) atoms. The van der Waals surface area contributed by atoms with Crippen LogP contribution in [-0.4, -0.2) is 41.2 Å². The van der Waals surface area contributed by atoms with E-state index < -0.39 is 5.60 Å². The van der Waals surface area contributed by atoms with Gasteiger partial charge in [-0.15, -0.1) is 0 Å². The molecule has 4 nitrogen and oxygen atoms in total. The number of aryl methyl sites for hydroxylation is 1. The summed E-state index contributed by atoms with van der Waals surface area (Å²) in [5.74, 6) is 0.661. The van der Waals surface area contributed by atoms with Crippen molar-refractivity contribution in [3.63, 3.8) is 0 Å². The van der Waals surface area contributed by atoms with Crippen LogP contribution < -0.4 is 4.74 Å². The number of halogens is 1. The van der Waals surface area contributed by atoms with Gasteiger partial charge < -0.3 is 14.7 Å². The molecule has 3 rings (SSSR count). The van der Waals surface area contributed by atoms with Gasteiger partial charge in [0.1, 0.15) is 18.2 Å². The van der Waals surface area contributed by atoms with Gasteiger partial charge in [-0.25, -0.2) is 4.39 Å². The van der Waals surface area contributed by atoms with Crippen molar-refractivity contribution in [2.24, 2.45) is 0 Å². The standard InChI is InChI=1S/C23H28FNO3/c1-16-13-18(8-11-21(16)28-15-23(2,3)27)22(26)25-12-4-5-19(14-25)17-6-9-20(24)10-7-17/h6-11,13,19,27H,4-5,12,14-15H2,1-3H3. The third-order valence-electron chi connectivity index (χ3n) is 5.05. The lowest BCUT2D eigenvalue weighted by atomic mass is 9.90. The van der Waals surface area contributed by atoms with Crippen LogP contribution in [0, 0.1) is 12.7 Å². The van der Waals surface area contributed by atoms with Crippen molar-refractivity contribution in [3.8, 4) is 5.75 Å². The van der Waals surface area contributed by atoms with Gasteiger partial charge in [-0.3, -0.25) is 4.79 Å². The molecule has 2 aromatic rings. The van der Waals surface area contributed by atoms with Crippen molar-refractivity contribution >= 4 is 5.91 Å². The molecule has 0 spiro atoms. The summed E-state index contributed by atoms with van der Waals surface area (Å²) in [6.07, 6.45) is 1.93. The number of hydrogen-bond donors (Lipinski definition) is 1. The summed E-state index contributed by atoms with van der Waals surface area (Å²) >= 11 is 0. The van der Waals surface area contributed by atoms with Crippen LogP contribution in [0.3, 0.4) is 0 Å². The topological polar surface area (TPSA) is 49.8 Å². The van der Waals surface area contributed by atoms with E-state index in [0.29, 0.717) is 17.9 Å². The zero-order chi connectivity index (χ0) is 20.3. The highest BCUT2D eigenvalue weighted by molar-refractivity contribution is 5.94. The number of hydrogen-bond acceptors (Lipinski definition) is 3. The average Bonchev–Trinajstić information content (AvgIpc) is 2.66. The number of aliphatic hydroxyl groups is 1. The number of amides is 1. The number of rotatable bonds is 5. The summed E-state index contributed by atoms with van der Waals surface area (Å²) in [5, 5.41) is 9.81. The maximum atomic E-state index is 13.2. The largest absolute Gasteiger partial charge is 0.490 e. The van der Waals surface area contributed by atoms with Gasteiger partial charge in [0.25, 0.3) is 5.91 Å². The van der Waals surface area contributed by atoms with Crippen LogP contribution in [-0.2, 0) is 0 Å². The Hall–Kier alpha value is -2.40. The first-order chi connectivity index (χ1) is 13.2. The van der Waals surface area contributed by atoms with E-state index in [1.54, 1.807) is 26.0 Å². The van der Waals surface area contributed by atoms with Crippen LogP contribution >= 0.6 is 0 Å². The molecule has 0 aromatic heterocycles. The summed E-state index contributed by atoms with van der Waals surface area (Å²) in [7, 11) is 0. The van der Waals surface area contributed by atoms with Crippen molar-refractivity contribution in [1.29, 1.82) is 0 Å². The van der Waals surface area contributed by atoms with Crippen molar-refractivity contribution in [2.75, 3.05) is 19.7 Å². The molecule has 0 aliphatic carbocycles. The first-order valence-corrected chi connectivity index (χ1v) is 9.73. The van der Waals surface area contributed by atoms with E-state index in [4.69, 9.17) is 4.74 Å². The lowest BCUT2D eigenvalue weighted by Gasteiger charge is -2.33. The number of nitrogens with zero attached hydrogens (tertiary/aromatic N) is 1. The Labute approximate surface area is 165 Å². The Balaban J connectivity index is 1.69. The molecule has 0 radical (unpaired) electrons. The van der Waals surface area contributed by atoms with Crippen LogP contribution in [0.25, 0.3) is 0 Å². The van der Waals surface area contributed by atoms with Crippen LogP contribution in [0.2, 0.25) is 0 Å². The zero-order valence-electron chi connectivity index (χ0n) is 16.7. The molecule has 1 aliphatic heterocycles. The monoisotopic (exact) mass is 385 g/mol. The fourth-order valence-corrected chi connectivity index (χ4v) is 3.55. The predicted octanol–water partition coefficient (Wildman–Crippen LogP) is 4.30. The maximum Gasteiger partial charge on any atom is 0.253 e. The van der Waals surface area contributed by atoms with Crippen LogP contribution in [0.1, 0.15) is 54.1 Å². The zero-order valence-corrected chi connectivity index (χ0v) is 16.7. The number of benzene rings is 2. The van der Waals surface area contributed by atoms with E-state index >= 15 is 0 Å². The molecule has 1 aliphatic rings. The van der Waals surface area contributed by atoms with Crippen molar-refractivity contribution in [3.05, 3.63) is 65.0 Å². The van der Waals surface area contributed by atoms with E-state index in [-0.39, 0.29) is 24.2 Å². The van der Waals surface area contributed by atoms with Gasteiger partial charge in [0, 0.05) is 24.6 Å². The third-order valence-corrected chi connectivity index (χ3v) is 5.05. The number of piperidine rings is 1. The quantitative estimate of drug-likeness (QED) is 0.835. The Morgan fingerprint density at radius 3 is 2.61 bits per heavy atom.